The molecule has 4 rings (SSSR count). The van der Waals surface area contributed by atoms with Gasteiger partial charge in [-0.1, -0.05) is 60.7 Å². The van der Waals surface area contributed by atoms with Crippen LogP contribution < -0.4 is 10.1 Å². The topological polar surface area (TPSA) is 111 Å². The summed E-state index contributed by atoms with van der Waals surface area (Å²) in [5.41, 5.74) is 0.226. The first-order valence-electron chi connectivity index (χ1n) is 11.1. The Balaban J connectivity index is 0.000000216. The molecule has 12 heteroatoms. The number of aromatic hydroxyl groups is 1. The van der Waals surface area contributed by atoms with Crippen LogP contribution in [-0.4, -0.2) is 16.1 Å². The molecule has 0 radical (unpaired) electrons. The molecule has 2 N–H and O–H groups in total. The standard InChI is InChI=1S/C14H11F2NO3.C13H9F2NO3/c15-10-7-13(18)11(16)6-12(10)17-14(19)20-8-9-4-2-1-3-5-9;14-10-7-13(11(15)6-12(10)16(17)18)19-8-9-4-2-1-3-5-9/h1-7,18H,8H2,(H,17,19);1-7H,8H2. The highest BCUT2D eigenvalue weighted by molar-refractivity contribution is 5.84. The first-order chi connectivity index (χ1) is 18.6. The second-order valence-corrected chi connectivity index (χ2v) is 7.74. The number of anilines is 1. The van der Waals surface area contributed by atoms with Crippen LogP contribution in [0.4, 0.5) is 33.7 Å². The van der Waals surface area contributed by atoms with Gasteiger partial charge in [0.1, 0.15) is 13.2 Å². The zero-order valence-electron chi connectivity index (χ0n) is 19.9. The molecule has 39 heavy (non-hydrogen) atoms. The average Bonchev–Trinajstić information content (AvgIpc) is 2.92. The molecular formula is C27H20F4N2O6. The van der Waals surface area contributed by atoms with Crippen molar-refractivity contribution < 1.29 is 41.9 Å². The average molecular weight is 544 g/mol. The molecule has 0 unspecified atom stereocenters. The molecule has 0 atom stereocenters. The van der Waals surface area contributed by atoms with Crippen molar-refractivity contribution in [2.45, 2.75) is 13.2 Å². The molecule has 0 aromatic heterocycles. The first kappa shape index (κ1) is 28.4. The number of nitro groups is 1. The number of hydrogen-bond donors (Lipinski definition) is 2. The van der Waals surface area contributed by atoms with Crippen molar-refractivity contribution in [2.24, 2.45) is 0 Å². The number of nitro benzene ring substituents is 1. The Morgan fingerprint density at radius 3 is 1.97 bits per heavy atom. The predicted octanol–water partition coefficient (Wildman–Crippen LogP) is 6.87. The van der Waals surface area contributed by atoms with Gasteiger partial charge in [0.2, 0.25) is 5.82 Å². The van der Waals surface area contributed by atoms with Crippen molar-refractivity contribution >= 4 is 17.5 Å². The summed E-state index contributed by atoms with van der Waals surface area (Å²) in [6.07, 6.45) is -0.919. The largest absolute Gasteiger partial charge is 0.505 e. The number of phenols is 1. The summed E-state index contributed by atoms with van der Waals surface area (Å²) in [5, 5.41) is 21.4. The van der Waals surface area contributed by atoms with E-state index in [0.717, 1.165) is 11.1 Å². The fourth-order valence-corrected chi connectivity index (χ4v) is 3.01. The fourth-order valence-electron chi connectivity index (χ4n) is 3.01. The lowest BCUT2D eigenvalue weighted by Crippen LogP contribution is -2.14. The summed E-state index contributed by atoms with van der Waals surface area (Å²) in [6, 6.07) is 20.2. The number of nitrogens with zero attached hydrogens (tertiary/aromatic N) is 1. The number of halogens is 4. The van der Waals surface area contributed by atoms with Gasteiger partial charge in [-0.3, -0.25) is 15.4 Å². The molecule has 4 aromatic carbocycles. The van der Waals surface area contributed by atoms with E-state index in [1.54, 1.807) is 48.5 Å². The number of ether oxygens (including phenoxy) is 2. The molecule has 0 saturated heterocycles. The zero-order valence-corrected chi connectivity index (χ0v) is 19.9. The number of rotatable bonds is 7. The SMILES string of the molecule is O=C(Nc1cc(F)c(O)cc1F)OCc1ccccc1.O=[N+]([O-])c1cc(F)c(OCc2ccccc2)cc1F. The van der Waals surface area contributed by atoms with E-state index in [0.29, 0.717) is 24.3 Å². The van der Waals surface area contributed by atoms with Crippen LogP contribution in [0.3, 0.4) is 0 Å². The quantitative estimate of drug-likeness (QED) is 0.114. The Morgan fingerprint density at radius 2 is 1.38 bits per heavy atom. The molecule has 202 valence electrons. The van der Waals surface area contributed by atoms with Crippen molar-refractivity contribution in [1.82, 2.24) is 0 Å². The highest BCUT2D eigenvalue weighted by Gasteiger charge is 2.19. The van der Waals surface area contributed by atoms with Crippen molar-refractivity contribution in [3.8, 4) is 11.5 Å². The zero-order chi connectivity index (χ0) is 28.4. The number of hydrogen-bond acceptors (Lipinski definition) is 6. The third-order valence-corrected chi connectivity index (χ3v) is 4.92. The molecule has 0 aliphatic rings. The normalized spacial score (nSPS) is 10.2. The maximum atomic E-state index is 13.5. The van der Waals surface area contributed by atoms with Gasteiger partial charge in [-0.05, 0) is 11.1 Å². The predicted molar refractivity (Wildman–Crippen MR) is 132 cm³/mol. The molecule has 0 fully saturated rings. The second kappa shape index (κ2) is 13.4. The summed E-state index contributed by atoms with van der Waals surface area (Å²) in [6.45, 7) is 0.0594. The minimum absolute atomic E-state index is 0.00879. The summed E-state index contributed by atoms with van der Waals surface area (Å²) in [7, 11) is 0. The van der Waals surface area contributed by atoms with E-state index in [4.69, 9.17) is 14.6 Å². The third kappa shape index (κ3) is 8.45. The van der Waals surface area contributed by atoms with Crippen LogP contribution in [0.25, 0.3) is 0 Å². The smallest absolute Gasteiger partial charge is 0.412 e. The van der Waals surface area contributed by atoms with Crippen LogP contribution in [0, 0.1) is 33.4 Å². The van der Waals surface area contributed by atoms with E-state index in [9.17, 15) is 32.5 Å². The molecular weight excluding hydrogens is 524 g/mol. The lowest BCUT2D eigenvalue weighted by atomic mass is 10.2. The van der Waals surface area contributed by atoms with E-state index in [1.807, 2.05) is 12.1 Å². The molecule has 0 bridgehead atoms. The number of phenolic OH excluding ortho intramolecular Hbond substituents is 1. The van der Waals surface area contributed by atoms with Gasteiger partial charge in [0.25, 0.3) is 0 Å². The van der Waals surface area contributed by atoms with Crippen molar-refractivity contribution in [3.05, 3.63) is 129 Å². The monoisotopic (exact) mass is 544 g/mol. The minimum atomic E-state index is -1.13. The molecule has 0 aliphatic heterocycles. The lowest BCUT2D eigenvalue weighted by molar-refractivity contribution is -0.387. The summed E-state index contributed by atoms with van der Waals surface area (Å²) in [5.74, 6) is -5.28. The Bertz CT molecular complexity index is 1440. The summed E-state index contributed by atoms with van der Waals surface area (Å²) < 4.78 is 63.2. The third-order valence-electron chi connectivity index (χ3n) is 4.92. The maximum absolute atomic E-state index is 13.5. The van der Waals surface area contributed by atoms with Crippen molar-refractivity contribution in [3.63, 3.8) is 0 Å². The van der Waals surface area contributed by atoms with Crippen molar-refractivity contribution in [1.29, 1.82) is 0 Å². The van der Waals surface area contributed by atoms with Gasteiger partial charge in [0, 0.05) is 18.2 Å². The molecule has 0 saturated carbocycles. The Kier molecular flexibility index (Phi) is 9.79. The molecule has 1 amide bonds. The van der Waals surface area contributed by atoms with Crippen LogP contribution in [0.5, 0.6) is 11.5 Å². The molecule has 0 heterocycles. The van der Waals surface area contributed by atoms with Gasteiger partial charge in [-0.15, -0.1) is 0 Å². The van der Waals surface area contributed by atoms with Crippen LogP contribution in [0.2, 0.25) is 0 Å². The Morgan fingerprint density at radius 1 is 0.795 bits per heavy atom. The van der Waals surface area contributed by atoms with Gasteiger partial charge in [0.15, 0.2) is 29.0 Å². The fraction of sp³-hybridized carbons (Fsp3) is 0.0741. The second-order valence-electron chi connectivity index (χ2n) is 7.74. The van der Waals surface area contributed by atoms with E-state index in [-0.39, 0.29) is 19.0 Å². The van der Waals surface area contributed by atoms with E-state index < -0.39 is 51.4 Å². The summed E-state index contributed by atoms with van der Waals surface area (Å²) in [4.78, 5) is 20.9. The van der Waals surface area contributed by atoms with Gasteiger partial charge in [0.05, 0.1) is 16.7 Å². The van der Waals surface area contributed by atoms with Gasteiger partial charge in [-0.2, -0.15) is 4.39 Å². The molecule has 0 aliphatic carbocycles. The van der Waals surface area contributed by atoms with Crippen molar-refractivity contribution in [2.75, 3.05) is 5.32 Å². The van der Waals surface area contributed by atoms with Gasteiger partial charge >= 0.3 is 11.8 Å². The molecule has 0 spiro atoms. The van der Waals surface area contributed by atoms with Crippen LogP contribution in [0.15, 0.2) is 84.9 Å². The first-order valence-corrected chi connectivity index (χ1v) is 11.1. The van der Waals surface area contributed by atoms with Gasteiger partial charge < -0.3 is 14.6 Å². The number of carbonyl (C=O) groups excluding carboxylic acids is 1. The Labute approximate surface area is 219 Å². The van der Waals surface area contributed by atoms with Crippen LogP contribution in [-0.2, 0) is 18.0 Å². The maximum Gasteiger partial charge on any atom is 0.412 e. The number of amides is 1. The van der Waals surface area contributed by atoms with E-state index in [1.165, 1.54) is 0 Å². The summed E-state index contributed by atoms with van der Waals surface area (Å²) >= 11 is 0. The number of nitrogens with one attached hydrogen (secondary N) is 1. The number of benzene rings is 4. The minimum Gasteiger partial charge on any atom is -0.505 e. The molecule has 8 nitrogen and oxygen atoms in total. The Hall–Kier alpha value is -5.13. The lowest BCUT2D eigenvalue weighted by Gasteiger charge is -2.08. The highest BCUT2D eigenvalue weighted by atomic mass is 19.1. The molecule has 4 aromatic rings. The van der Waals surface area contributed by atoms with E-state index in [2.05, 4.69) is 5.32 Å². The highest BCUT2D eigenvalue weighted by Crippen LogP contribution is 2.27. The van der Waals surface area contributed by atoms with Gasteiger partial charge in [-0.25, -0.2) is 18.0 Å². The number of carbonyl (C=O) groups is 1. The van der Waals surface area contributed by atoms with E-state index >= 15 is 0 Å². The van der Waals surface area contributed by atoms with Crippen LogP contribution in [0.1, 0.15) is 11.1 Å². The van der Waals surface area contributed by atoms with Crippen LogP contribution >= 0.6 is 0 Å².